The van der Waals surface area contributed by atoms with Crippen molar-refractivity contribution in [2.24, 2.45) is 0 Å². The summed E-state index contributed by atoms with van der Waals surface area (Å²) >= 11 is 3.31. The summed E-state index contributed by atoms with van der Waals surface area (Å²) in [7, 11) is 1.87. The lowest BCUT2D eigenvalue weighted by Gasteiger charge is -2.08. The predicted molar refractivity (Wildman–Crippen MR) is 74.4 cm³/mol. The van der Waals surface area contributed by atoms with Gasteiger partial charge in [-0.2, -0.15) is 0 Å². The van der Waals surface area contributed by atoms with Crippen LogP contribution in [-0.2, 0) is 6.61 Å². The van der Waals surface area contributed by atoms with Crippen LogP contribution in [0, 0.1) is 5.82 Å². The molecule has 0 saturated heterocycles. The van der Waals surface area contributed by atoms with Gasteiger partial charge >= 0.3 is 0 Å². The Morgan fingerprint density at radius 3 is 2.50 bits per heavy atom. The molecule has 2 nitrogen and oxygen atoms in total. The SMILES string of the molecule is CNc1ccc(OCc2ccc(F)cc2Br)cc1. The van der Waals surface area contributed by atoms with Crippen molar-refractivity contribution in [2.75, 3.05) is 12.4 Å². The molecule has 0 spiro atoms. The number of hydrogen-bond donors (Lipinski definition) is 1. The molecule has 0 fully saturated rings. The van der Waals surface area contributed by atoms with E-state index in [1.807, 2.05) is 31.3 Å². The highest BCUT2D eigenvalue weighted by Gasteiger charge is 2.02. The van der Waals surface area contributed by atoms with E-state index in [4.69, 9.17) is 4.74 Å². The van der Waals surface area contributed by atoms with Crippen LogP contribution >= 0.6 is 15.9 Å². The molecule has 1 N–H and O–H groups in total. The first-order valence-corrected chi connectivity index (χ1v) is 6.33. The molecule has 0 heterocycles. The Labute approximate surface area is 114 Å². The lowest BCUT2D eigenvalue weighted by Crippen LogP contribution is -1.97. The standard InChI is InChI=1S/C14H13BrFNO/c1-17-12-4-6-13(7-5-12)18-9-10-2-3-11(16)8-14(10)15/h2-8,17H,9H2,1H3. The zero-order chi connectivity index (χ0) is 13.0. The minimum Gasteiger partial charge on any atom is -0.489 e. The highest BCUT2D eigenvalue weighted by Crippen LogP contribution is 2.21. The van der Waals surface area contributed by atoms with Gasteiger partial charge in [0, 0.05) is 22.8 Å². The quantitative estimate of drug-likeness (QED) is 0.913. The second-order valence-corrected chi connectivity index (χ2v) is 4.65. The minimum absolute atomic E-state index is 0.260. The summed E-state index contributed by atoms with van der Waals surface area (Å²) in [6.07, 6.45) is 0. The fraction of sp³-hybridized carbons (Fsp3) is 0.143. The van der Waals surface area contributed by atoms with E-state index in [1.165, 1.54) is 12.1 Å². The predicted octanol–water partition coefficient (Wildman–Crippen LogP) is 4.21. The lowest BCUT2D eigenvalue weighted by atomic mass is 10.2. The van der Waals surface area contributed by atoms with Crippen LogP contribution in [0.1, 0.15) is 5.56 Å². The Bertz CT molecular complexity index is 528. The van der Waals surface area contributed by atoms with Gasteiger partial charge in [-0.1, -0.05) is 22.0 Å². The van der Waals surface area contributed by atoms with E-state index in [9.17, 15) is 4.39 Å². The van der Waals surface area contributed by atoms with Crippen LogP contribution in [0.4, 0.5) is 10.1 Å². The molecule has 0 atom stereocenters. The molecule has 0 bridgehead atoms. The van der Waals surface area contributed by atoms with Gasteiger partial charge in [0.15, 0.2) is 0 Å². The molecule has 4 heteroatoms. The molecule has 18 heavy (non-hydrogen) atoms. The Morgan fingerprint density at radius 1 is 1.17 bits per heavy atom. The van der Waals surface area contributed by atoms with Crippen molar-refractivity contribution in [2.45, 2.75) is 6.61 Å². The second-order valence-electron chi connectivity index (χ2n) is 3.80. The smallest absolute Gasteiger partial charge is 0.124 e. The molecular formula is C14H13BrFNO. The first kappa shape index (κ1) is 12.9. The lowest BCUT2D eigenvalue weighted by molar-refractivity contribution is 0.305. The maximum absolute atomic E-state index is 12.9. The van der Waals surface area contributed by atoms with Crippen molar-refractivity contribution >= 4 is 21.6 Å². The average Bonchev–Trinajstić information content (AvgIpc) is 2.38. The largest absolute Gasteiger partial charge is 0.489 e. The summed E-state index contributed by atoms with van der Waals surface area (Å²) in [5, 5.41) is 3.04. The van der Waals surface area contributed by atoms with Gasteiger partial charge in [-0.25, -0.2) is 4.39 Å². The first-order valence-electron chi connectivity index (χ1n) is 5.53. The van der Waals surface area contributed by atoms with Crippen LogP contribution in [-0.4, -0.2) is 7.05 Å². The molecule has 0 aliphatic rings. The third-order valence-electron chi connectivity index (χ3n) is 2.55. The van der Waals surface area contributed by atoms with E-state index < -0.39 is 0 Å². The molecule has 0 unspecified atom stereocenters. The van der Waals surface area contributed by atoms with Gasteiger partial charge < -0.3 is 10.1 Å². The average molecular weight is 310 g/mol. The summed E-state index contributed by atoms with van der Waals surface area (Å²) in [5.41, 5.74) is 1.94. The fourth-order valence-corrected chi connectivity index (χ4v) is 1.98. The van der Waals surface area contributed by atoms with Crippen molar-refractivity contribution < 1.29 is 9.13 Å². The topological polar surface area (TPSA) is 21.3 Å². The number of nitrogens with one attached hydrogen (secondary N) is 1. The van der Waals surface area contributed by atoms with Gasteiger partial charge in [-0.3, -0.25) is 0 Å². The number of anilines is 1. The van der Waals surface area contributed by atoms with Crippen molar-refractivity contribution in [3.05, 3.63) is 58.3 Å². The molecule has 2 rings (SSSR count). The van der Waals surface area contributed by atoms with Crippen LogP contribution in [0.15, 0.2) is 46.9 Å². The van der Waals surface area contributed by atoms with Crippen molar-refractivity contribution in [3.8, 4) is 5.75 Å². The summed E-state index contributed by atoms with van der Waals surface area (Å²) < 4.78 is 19.3. The number of hydrogen-bond acceptors (Lipinski definition) is 2. The van der Waals surface area contributed by atoms with E-state index in [1.54, 1.807) is 6.07 Å². The van der Waals surface area contributed by atoms with Crippen LogP contribution in [0.2, 0.25) is 0 Å². The Hall–Kier alpha value is -1.55. The number of ether oxygens (including phenoxy) is 1. The molecule has 0 aliphatic carbocycles. The molecule has 2 aromatic carbocycles. The molecular weight excluding hydrogens is 297 g/mol. The van der Waals surface area contributed by atoms with Crippen molar-refractivity contribution in [1.82, 2.24) is 0 Å². The van der Waals surface area contributed by atoms with Crippen LogP contribution in [0.3, 0.4) is 0 Å². The monoisotopic (exact) mass is 309 g/mol. The molecule has 0 aliphatic heterocycles. The van der Waals surface area contributed by atoms with E-state index in [-0.39, 0.29) is 5.82 Å². The van der Waals surface area contributed by atoms with Crippen LogP contribution in [0.25, 0.3) is 0 Å². The summed E-state index contributed by atoms with van der Waals surface area (Å²) in [6, 6.07) is 12.2. The van der Waals surface area contributed by atoms with E-state index in [0.717, 1.165) is 17.0 Å². The van der Waals surface area contributed by atoms with Crippen LogP contribution in [0.5, 0.6) is 5.75 Å². The maximum atomic E-state index is 12.9. The molecule has 94 valence electrons. The molecule has 0 radical (unpaired) electrons. The van der Waals surface area contributed by atoms with Crippen molar-refractivity contribution in [3.63, 3.8) is 0 Å². The first-order chi connectivity index (χ1) is 8.69. The van der Waals surface area contributed by atoms with Gasteiger partial charge in [-0.05, 0) is 36.4 Å². The number of rotatable bonds is 4. The minimum atomic E-state index is -0.260. The normalized spacial score (nSPS) is 10.2. The number of halogens is 2. The summed E-state index contributed by atoms with van der Waals surface area (Å²) in [6.45, 7) is 0.403. The van der Waals surface area contributed by atoms with Gasteiger partial charge in [0.25, 0.3) is 0 Å². The number of benzene rings is 2. The summed E-state index contributed by atoms with van der Waals surface area (Å²) in [4.78, 5) is 0. The zero-order valence-electron chi connectivity index (χ0n) is 9.91. The van der Waals surface area contributed by atoms with Gasteiger partial charge in [0.2, 0.25) is 0 Å². The van der Waals surface area contributed by atoms with Crippen molar-refractivity contribution in [1.29, 1.82) is 0 Å². The molecule has 0 saturated carbocycles. The van der Waals surface area contributed by atoms with Crippen LogP contribution < -0.4 is 10.1 Å². The fourth-order valence-electron chi connectivity index (χ4n) is 1.52. The van der Waals surface area contributed by atoms with Gasteiger partial charge in [-0.15, -0.1) is 0 Å². The highest BCUT2D eigenvalue weighted by molar-refractivity contribution is 9.10. The van der Waals surface area contributed by atoms with E-state index in [2.05, 4.69) is 21.2 Å². The Kier molecular flexibility index (Phi) is 4.20. The maximum Gasteiger partial charge on any atom is 0.124 e. The highest BCUT2D eigenvalue weighted by atomic mass is 79.9. The van der Waals surface area contributed by atoms with Gasteiger partial charge in [0.05, 0.1) is 0 Å². The summed E-state index contributed by atoms with van der Waals surface area (Å²) in [5.74, 6) is 0.522. The van der Waals surface area contributed by atoms with Gasteiger partial charge in [0.1, 0.15) is 18.2 Å². The second kappa shape index (κ2) is 5.87. The Morgan fingerprint density at radius 2 is 1.89 bits per heavy atom. The molecule has 2 aromatic rings. The third kappa shape index (κ3) is 3.23. The Balaban J connectivity index is 2.02. The zero-order valence-corrected chi connectivity index (χ0v) is 11.5. The molecule has 0 aromatic heterocycles. The van der Waals surface area contributed by atoms with E-state index in [0.29, 0.717) is 11.1 Å². The molecule has 0 amide bonds. The third-order valence-corrected chi connectivity index (χ3v) is 3.29. The van der Waals surface area contributed by atoms with E-state index >= 15 is 0 Å².